The molecule has 0 atom stereocenters. The van der Waals surface area contributed by atoms with Gasteiger partial charge in [0.05, 0.1) is 10.5 Å². The number of nitrogens with zero attached hydrogens (tertiary/aromatic N) is 1. The van der Waals surface area contributed by atoms with E-state index in [1.165, 1.54) is 0 Å². The Morgan fingerprint density at radius 2 is 1.70 bits per heavy atom. The number of anilines is 1. The van der Waals surface area contributed by atoms with Crippen LogP contribution in [-0.2, 0) is 6.18 Å². The molecule has 2 aromatic rings. The van der Waals surface area contributed by atoms with Crippen molar-refractivity contribution in [2.45, 2.75) is 6.18 Å². The molecule has 11 heteroatoms. The normalized spacial score (nSPS) is 11.1. The first-order chi connectivity index (χ1) is 12.6. The van der Waals surface area contributed by atoms with Gasteiger partial charge in [-0.15, -0.1) is 0 Å². The van der Waals surface area contributed by atoms with Crippen LogP contribution in [0.5, 0.6) is 0 Å². The summed E-state index contributed by atoms with van der Waals surface area (Å²) in [6, 6.07) is 5.03. The molecule has 0 saturated heterocycles. The monoisotopic (exact) mass is 389 g/mol. The van der Waals surface area contributed by atoms with Gasteiger partial charge >= 0.3 is 6.18 Å². The number of non-ortho nitro benzene ring substituents is 1. The van der Waals surface area contributed by atoms with Crippen molar-refractivity contribution >= 4 is 17.3 Å². The lowest BCUT2D eigenvalue weighted by Gasteiger charge is -2.14. The highest BCUT2D eigenvalue weighted by atomic mass is 19.4. The van der Waals surface area contributed by atoms with E-state index in [0.717, 1.165) is 30.3 Å². The Hall–Kier alpha value is -3.24. The first-order valence-corrected chi connectivity index (χ1v) is 7.43. The van der Waals surface area contributed by atoms with E-state index in [-0.39, 0.29) is 13.1 Å². The quantitative estimate of drug-likeness (QED) is 0.341. The number of hydrogen-bond donors (Lipinski definition) is 2. The highest BCUT2D eigenvalue weighted by Crippen LogP contribution is 2.36. The van der Waals surface area contributed by atoms with E-state index in [9.17, 15) is 36.9 Å². The van der Waals surface area contributed by atoms with Gasteiger partial charge in [-0.3, -0.25) is 14.9 Å². The minimum Gasteiger partial charge on any atom is -0.383 e. The van der Waals surface area contributed by atoms with Crippen LogP contribution in [0.25, 0.3) is 0 Å². The third-order valence-electron chi connectivity index (χ3n) is 3.44. The summed E-state index contributed by atoms with van der Waals surface area (Å²) in [6.07, 6.45) is -4.84. The standard InChI is InChI=1S/C16H12F5N3O3/c17-11-2-1-3-12(18)14(11)15(25)23-7-6-22-13-5-4-9(24(26)27)8-10(13)16(19,20)21/h1-5,8,22H,6-7H2,(H,23,25). The summed E-state index contributed by atoms with van der Waals surface area (Å²) in [6.45, 7) is -0.469. The third kappa shape index (κ3) is 4.90. The minimum atomic E-state index is -4.84. The van der Waals surface area contributed by atoms with Crippen molar-refractivity contribution in [2.75, 3.05) is 18.4 Å². The van der Waals surface area contributed by atoms with Crippen molar-refractivity contribution in [3.63, 3.8) is 0 Å². The molecule has 0 aliphatic carbocycles. The second-order valence-corrected chi connectivity index (χ2v) is 5.26. The van der Waals surface area contributed by atoms with Crippen LogP contribution in [0.3, 0.4) is 0 Å². The number of halogens is 5. The molecule has 0 spiro atoms. The second kappa shape index (κ2) is 7.98. The Balaban J connectivity index is 2.03. The van der Waals surface area contributed by atoms with Gasteiger partial charge < -0.3 is 10.6 Å². The number of nitro benzene ring substituents is 1. The molecule has 0 aromatic heterocycles. The molecule has 2 rings (SSSR count). The molecular formula is C16H12F5N3O3. The molecule has 2 aromatic carbocycles. The molecule has 0 bridgehead atoms. The van der Waals surface area contributed by atoms with Crippen molar-refractivity contribution < 1.29 is 31.7 Å². The highest BCUT2D eigenvalue weighted by molar-refractivity contribution is 5.94. The molecule has 0 aliphatic rings. The van der Waals surface area contributed by atoms with Crippen molar-refractivity contribution in [3.8, 4) is 0 Å². The van der Waals surface area contributed by atoms with E-state index in [2.05, 4.69) is 10.6 Å². The third-order valence-corrected chi connectivity index (χ3v) is 3.44. The van der Waals surface area contributed by atoms with Gasteiger partial charge in [0.2, 0.25) is 0 Å². The van der Waals surface area contributed by atoms with E-state index in [1.54, 1.807) is 0 Å². The van der Waals surface area contributed by atoms with Crippen LogP contribution < -0.4 is 10.6 Å². The molecular weight excluding hydrogens is 377 g/mol. The van der Waals surface area contributed by atoms with Crippen LogP contribution >= 0.6 is 0 Å². The summed E-state index contributed by atoms with van der Waals surface area (Å²) in [5.74, 6) is -3.21. The van der Waals surface area contributed by atoms with Crippen LogP contribution in [0.1, 0.15) is 15.9 Å². The van der Waals surface area contributed by atoms with Crippen molar-refractivity contribution in [1.82, 2.24) is 5.32 Å². The molecule has 0 saturated carbocycles. The molecule has 27 heavy (non-hydrogen) atoms. The van der Waals surface area contributed by atoms with Crippen LogP contribution in [-0.4, -0.2) is 23.9 Å². The van der Waals surface area contributed by atoms with Gasteiger partial charge in [0.1, 0.15) is 17.2 Å². The minimum absolute atomic E-state index is 0.220. The number of nitro groups is 1. The first-order valence-electron chi connectivity index (χ1n) is 7.43. The lowest BCUT2D eigenvalue weighted by molar-refractivity contribution is -0.385. The molecule has 0 unspecified atom stereocenters. The average Bonchev–Trinajstić information content (AvgIpc) is 2.57. The molecule has 0 fully saturated rings. The number of nitrogens with one attached hydrogen (secondary N) is 2. The first kappa shape index (κ1) is 20.1. The number of alkyl halides is 3. The van der Waals surface area contributed by atoms with Crippen molar-refractivity contribution in [3.05, 3.63) is 69.3 Å². The fourth-order valence-electron chi connectivity index (χ4n) is 2.21. The van der Waals surface area contributed by atoms with Crippen molar-refractivity contribution in [2.24, 2.45) is 0 Å². The fourth-order valence-corrected chi connectivity index (χ4v) is 2.21. The zero-order chi connectivity index (χ0) is 20.2. The van der Waals surface area contributed by atoms with E-state index in [1.807, 2.05) is 0 Å². The summed E-state index contributed by atoms with van der Waals surface area (Å²) < 4.78 is 66.0. The zero-order valence-electron chi connectivity index (χ0n) is 13.4. The number of amides is 1. The molecule has 0 aliphatic heterocycles. The SMILES string of the molecule is O=C(NCCNc1ccc([N+](=O)[O-])cc1C(F)(F)F)c1c(F)cccc1F. The van der Waals surface area contributed by atoms with Crippen LogP contribution in [0, 0.1) is 21.7 Å². The summed E-state index contributed by atoms with van der Waals surface area (Å²) in [7, 11) is 0. The largest absolute Gasteiger partial charge is 0.418 e. The summed E-state index contributed by atoms with van der Waals surface area (Å²) in [4.78, 5) is 21.4. The summed E-state index contributed by atoms with van der Waals surface area (Å²) in [5, 5.41) is 15.2. The number of benzene rings is 2. The number of carbonyl (C=O) groups is 1. The maximum atomic E-state index is 13.5. The lowest BCUT2D eigenvalue weighted by atomic mass is 10.1. The fraction of sp³-hybridized carbons (Fsp3) is 0.188. The molecule has 0 heterocycles. The van der Waals surface area contributed by atoms with E-state index in [0.29, 0.717) is 6.07 Å². The maximum absolute atomic E-state index is 13.5. The van der Waals surface area contributed by atoms with Gasteiger partial charge in [0.15, 0.2) is 0 Å². The Morgan fingerprint density at radius 3 is 2.26 bits per heavy atom. The predicted molar refractivity (Wildman–Crippen MR) is 85.3 cm³/mol. The molecule has 6 nitrogen and oxygen atoms in total. The van der Waals surface area contributed by atoms with E-state index in [4.69, 9.17) is 0 Å². The predicted octanol–water partition coefficient (Wildman–Crippen LogP) is 3.73. The number of rotatable bonds is 6. The van der Waals surface area contributed by atoms with Crippen LogP contribution in [0.15, 0.2) is 36.4 Å². The molecule has 0 radical (unpaired) electrons. The highest BCUT2D eigenvalue weighted by Gasteiger charge is 2.35. The van der Waals surface area contributed by atoms with Crippen LogP contribution in [0.4, 0.5) is 33.3 Å². The van der Waals surface area contributed by atoms with Gasteiger partial charge in [0.25, 0.3) is 11.6 Å². The van der Waals surface area contributed by atoms with Crippen LogP contribution in [0.2, 0.25) is 0 Å². The van der Waals surface area contributed by atoms with E-state index >= 15 is 0 Å². The number of hydrogen-bond acceptors (Lipinski definition) is 4. The topological polar surface area (TPSA) is 84.3 Å². The van der Waals surface area contributed by atoms with E-state index < -0.39 is 51.1 Å². The average molecular weight is 389 g/mol. The number of carbonyl (C=O) groups excluding carboxylic acids is 1. The molecule has 2 N–H and O–H groups in total. The Morgan fingerprint density at radius 1 is 1.07 bits per heavy atom. The summed E-state index contributed by atoms with van der Waals surface area (Å²) in [5.41, 5.74) is -3.21. The Bertz CT molecular complexity index is 851. The zero-order valence-corrected chi connectivity index (χ0v) is 13.4. The lowest BCUT2D eigenvalue weighted by Crippen LogP contribution is -2.30. The maximum Gasteiger partial charge on any atom is 0.418 e. The van der Waals surface area contributed by atoms with Gasteiger partial charge in [-0.1, -0.05) is 6.07 Å². The van der Waals surface area contributed by atoms with Gasteiger partial charge in [-0.05, 0) is 18.2 Å². The van der Waals surface area contributed by atoms with Gasteiger partial charge in [-0.2, -0.15) is 13.2 Å². The second-order valence-electron chi connectivity index (χ2n) is 5.26. The Kier molecular flexibility index (Phi) is 5.93. The van der Waals surface area contributed by atoms with Crippen molar-refractivity contribution in [1.29, 1.82) is 0 Å². The van der Waals surface area contributed by atoms with Gasteiger partial charge in [0, 0.05) is 30.9 Å². The van der Waals surface area contributed by atoms with Gasteiger partial charge in [-0.25, -0.2) is 8.78 Å². The smallest absolute Gasteiger partial charge is 0.383 e. The summed E-state index contributed by atoms with van der Waals surface area (Å²) >= 11 is 0. The Labute approximate surface area is 149 Å². The molecule has 1 amide bonds. The molecule has 144 valence electrons.